The summed E-state index contributed by atoms with van der Waals surface area (Å²) >= 11 is 0. The van der Waals surface area contributed by atoms with E-state index in [-0.39, 0.29) is 0 Å². The molecule has 0 aromatic rings. The maximum absolute atomic E-state index is 10.8. The molecule has 2 aliphatic heterocycles. The Labute approximate surface area is 79.0 Å². The van der Waals surface area contributed by atoms with E-state index in [2.05, 4.69) is 11.0 Å². The quantitative estimate of drug-likeness (QED) is 0.566. The lowest BCUT2D eigenvalue weighted by Crippen LogP contribution is -2.41. The highest BCUT2D eigenvalue weighted by atomic mass is 16.1. The van der Waals surface area contributed by atoms with Crippen LogP contribution in [0.5, 0.6) is 0 Å². The zero-order valence-electron chi connectivity index (χ0n) is 7.91. The highest BCUT2D eigenvalue weighted by molar-refractivity contribution is 5.51. The summed E-state index contributed by atoms with van der Waals surface area (Å²) in [5, 5.41) is 0. The summed E-state index contributed by atoms with van der Waals surface area (Å²) in [6.07, 6.45) is 7.91. The second kappa shape index (κ2) is 3.81. The van der Waals surface area contributed by atoms with Gasteiger partial charge in [-0.15, -0.1) is 0 Å². The minimum Gasteiger partial charge on any atom is -0.358 e. The molecule has 0 unspecified atom stereocenters. The molecule has 0 radical (unpaired) electrons. The number of allylic oxidation sites excluding steroid dienone is 1. The van der Waals surface area contributed by atoms with E-state index in [4.69, 9.17) is 0 Å². The molecule has 2 heterocycles. The van der Waals surface area contributed by atoms with Crippen LogP contribution < -0.4 is 0 Å². The summed E-state index contributed by atoms with van der Waals surface area (Å²) in [7, 11) is 0. The van der Waals surface area contributed by atoms with Crippen molar-refractivity contribution in [1.29, 1.82) is 0 Å². The number of rotatable bonds is 1. The van der Waals surface area contributed by atoms with Crippen LogP contribution in [0, 0.1) is 0 Å². The van der Waals surface area contributed by atoms with Crippen LogP contribution >= 0.6 is 0 Å². The molecule has 0 N–H and O–H groups in total. The average Bonchev–Trinajstić information content (AvgIpc) is 2.41. The molecule has 0 aliphatic carbocycles. The van der Waals surface area contributed by atoms with Crippen molar-refractivity contribution >= 4 is 6.41 Å². The number of carbonyl (C=O) groups is 1. The van der Waals surface area contributed by atoms with Gasteiger partial charge in [0.1, 0.15) is 5.82 Å². The van der Waals surface area contributed by atoms with Gasteiger partial charge in [-0.2, -0.15) is 0 Å². The molecule has 1 fully saturated rings. The smallest absolute Gasteiger partial charge is 0.215 e. The first-order chi connectivity index (χ1) is 6.42. The Hall–Kier alpha value is -0.990. The maximum Gasteiger partial charge on any atom is 0.215 e. The SMILES string of the molecule is O=CN1CCCN2CCCCC=C12. The Morgan fingerprint density at radius 2 is 2.00 bits per heavy atom. The third-order valence-electron chi connectivity index (χ3n) is 2.78. The zero-order valence-corrected chi connectivity index (χ0v) is 7.91. The van der Waals surface area contributed by atoms with Crippen LogP contribution in [0.4, 0.5) is 0 Å². The van der Waals surface area contributed by atoms with E-state index in [0.717, 1.165) is 44.7 Å². The molecule has 0 spiro atoms. The van der Waals surface area contributed by atoms with Crippen molar-refractivity contribution in [2.45, 2.75) is 25.7 Å². The molecule has 0 aromatic carbocycles. The lowest BCUT2D eigenvalue weighted by molar-refractivity contribution is -0.118. The fourth-order valence-electron chi connectivity index (χ4n) is 2.10. The van der Waals surface area contributed by atoms with Crippen LogP contribution in [-0.4, -0.2) is 35.8 Å². The van der Waals surface area contributed by atoms with Gasteiger partial charge in [-0.25, -0.2) is 0 Å². The molecule has 0 atom stereocenters. The molecule has 0 aromatic heterocycles. The van der Waals surface area contributed by atoms with Crippen molar-refractivity contribution < 1.29 is 4.79 Å². The van der Waals surface area contributed by atoms with Crippen LogP contribution in [0.1, 0.15) is 25.7 Å². The summed E-state index contributed by atoms with van der Waals surface area (Å²) in [5.74, 6) is 1.15. The van der Waals surface area contributed by atoms with Crippen molar-refractivity contribution in [2.75, 3.05) is 19.6 Å². The second-order valence-corrected chi connectivity index (χ2v) is 3.70. The van der Waals surface area contributed by atoms with E-state index in [9.17, 15) is 4.79 Å². The molecule has 3 nitrogen and oxygen atoms in total. The van der Waals surface area contributed by atoms with Gasteiger partial charge < -0.3 is 9.80 Å². The van der Waals surface area contributed by atoms with Gasteiger partial charge in [0, 0.05) is 19.6 Å². The van der Waals surface area contributed by atoms with Crippen LogP contribution in [0.3, 0.4) is 0 Å². The fourth-order valence-corrected chi connectivity index (χ4v) is 2.10. The summed E-state index contributed by atoms with van der Waals surface area (Å²) in [6.45, 7) is 3.14. The predicted molar refractivity (Wildman–Crippen MR) is 50.9 cm³/mol. The third-order valence-corrected chi connectivity index (χ3v) is 2.78. The first kappa shape index (κ1) is 8.60. The van der Waals surface area contributed by atoms with Gasteiger partial charge in [0.2, 0.25) is 6.41 Å². The fraction of sp³-hybridized carbons (Fsp3) is 0.700. The summed E-state index contributed by atoms with van der Waals surface area (Å²) in [4.78, 5) is 15.0. The van der Waals surface area contributed by atoms with E-state index in [1.807, 2.05) is 4.90 Å². The molecular weight excluding hydrogens is 164 g/mol. The van der Waals surface area contributed by atoms with Crippen LogP contribution in [0.25, 0.3) is 0 Å². The van der Waals surface area contributed by atoms with Gasteiger partial charge in [-0.05, 0) is 31.8 Å². The Morgan fingerprint density at radius 1 is 1.15 bits per heavy atom. The second-order valence-electron chi connectivity index (χ2n) is 3.70. The van der Waals surface area contributed by atoms with Crippen molar-refractivity contribution in [3.05, 3.63) is 11.9 Å². The molecule has 2 aliphatic rings. The minimum absolute atomic E-state index is 0.895. The van der Waals surface area contributed by atoms with E-state index in [0.29, 0.717) is 0 Å². The third kappa shape index (κ3) is 1.69. The van der Waals surface area contributed by atoms with Gasteiger partial charge >= 0.3 is 0 Å². The molecular formula is C10H16N2O. The minimum atomic E-state index is 0.895. The number of fused-ring (bicyclic) bond motifs is 1. The Morgan fingerprint density at radius 3 is 2.85 bits per heavy atom. The summed E-state index contributed by atoms with van der Waals surface area (Å²) in [6, 6.07) is 0. The van der Waals surface area contributed by atoms with Gasteiger partial charge in [0.15, 0.2) is 0 Å². The Balaban J connectivity index is 2.16. The highest BCUT2D eigenvalue weighted by Gasteiger charge is 2.21. The number of hydrogen-bond acceptors (Lipinski definition) is 2. The van der Waals surface area contributed by atoms with Crippen LogP contribution in [0.15, 0.2) is 11.9 Å². The van der Waals surface area contributed by atoms with E-state index in [1.54, 1.807) is 0 Å². The molecule has 1 saturated heterocycles. The van der Waals surface area contributed by atoms with Crippen LogP contribution in [0.2, 0.25) is 0 Å². The number of carbonyl (C=O) groups excluding carboxylic acids is 1. The van der Waals surface area contributed by atoms with Crippen molar-refractivity contribution in [3.8, 4) is 0 Å². The number of hydrogen-bond donors (Lipinski definition) is 0. The topological polar surface area (TPSA) is 23.6 Å². The number of amides is 1. The molecule has 0 saturated carbocycles. The van der Waals surface area contributed by atoms with Gasteiger partial charge in [-0.1, -0.05) is 0 Å². The van der Waals surface area contributed by atoms with Crippen molar-refractivity contribution in [1.82, 2.24) is 9.80 Å². The van der Waals surface area contributed by atoms with E-state index >= 15 is 0 Å². The largest absolute Gasteiger partial charge is 0.358 e. The molecule has 2 rings (SSSR count). The molecule has 1 amide bonds. The molecule has 3 heteroatoms. The number of nitrogens with zero attached hydrogens (tertiary/aromatic N) is 2. The predicted octanol–water partition coefficient (Wildman–Crippen LogP) is 1.18. The Kier molecular flexibility index (Phi) is 2.52. The summed E-state index contributed by atoms with van der Waals surface area (Å²) in [5.41, 5.74) is 0. The zero-order chi connectivity index (χ0) is 9.10. The monoisotopic (exact) mass is 180 g/mol. The van der Waals surface area contributed by atoms with Gasteiger partial charge in [0.05, 0.1) is 0 Å². The first-order valence-corrected chi connectivity index (χ1v) is 5.09. The van der Waals surface area contributed by atoms with Crippen molar-refractivity contribution in [2.24, 2.45) is 0 Å². The standard InChI is InChI=1S/C10H16N2O/c13-9-12-8-4-7-11-6-3-1-2-5-10(11)12/h5,9H,1-4,6-8H2. The average molecular weight is 180 g/mol. The molecule has 0 bridgehead atoms. The first-order valence-electron chi connectivity index (χ1n) is 5.09. The van der Waals surface area contributed by atoms with E-state index in [1.165, 1.54) is 12.8 Å². The lowest BCUT2D eigenvalue weighted by Gasteiger charge is -2.36. The van der Waals surface area contributed by atoms with E-state index < -0.39 is 0 Å². The van der Waals surface area contributed by atoms with Crippen LogP contribution in [-0.2, 0) is 4.79 Å². The van der Waals surface area contributed by atoms with Crippen molar-refractivity contribution in [3.63, 3.8) is 0 Å². The normalized spacial score (nSPS) is 23.2. The highest BCUT2D eigenvalue weighted by Crippen LogP contribution is 2.21. The maximum atomic E-state index is 10.8. The van der Waals surface area contributed by atoms with Gasteiger partial charge in [0.25, 0.3) is 0 Å². The Bertz CT molecular complexity index is 225. The van der Waals surface area contributed by atoms with Gasteiger partial charge in [-0.3, -0.25) is 4.79 Å². The molecule has 13 heavy (non-hydrogen) atoms. The molecule has 72 valence electrons. The lowest BCUT2D eigenvalue weighted by atomic mass is 10.2. The summed E-state index contributed by atoms with van der Waals surface area (Å²) < 4.78 is 0.